The summed E-state index contributed by atoms with van der Waals surface area (Å²) in [4.78, 5) is 21.9. The number of benzene rings is 1. The number of nitrogens with zero attached hydrogens (tertiary/aromatic N) is 4. The van der Waals surface area contributed by atoms with Gasteiger partial charge in [-0.05, 0) is 42.5 Å². The number of nitrogens with two attached hydrogens (primary N) is 2. The molecule has 1 saturated heterocycles. The van der Waals surface area contributed by atoms with Gasteiger partial charge in [0.15, 0.2) is 11.6 Å². The van der Waals surface area contributed by atoms with Crippen molar-refractivity contribution in [2.45, 2.75) is 37.1 Å². The highest BCUT2D eigenvalue weighted by Gasteiger charge is 2.52. The Bertz CT molecular complexity index is 1170. The third kappa shape index (κ3) is 4.97. The first-order valence-corrected chi connectivity index (χ1v) is 10.7. The summed E-state index contributed by atoms with van der Waals surface area (Å²) >= 11 is 0. The maximum absolute atomic E-state index is 14.8. The molecule has 12 heteroatoms. The number of anilines is 1. The number of hydrogen-bond acceptors (Lipinski definition) is 7. The van der Waals surface area contributed by atoms with Crippen LogP contribution in [0.4, 0.5) is 23.4 Å². The third-order valence-electron chi connectivity index (χ3n) is 5.87. The van der Waals surface area contributed by atoms with Gasteiger partial charge in [-0.25, -0.2) is 22.4 Å². The molecule has 0 spiro atoms. The molecule has 0 radical (unpaired) electrons. The van der Waals surface area contributed by atoms with Crippen LogP contribution in [0.25, 0.3) is 0 Å². The van der Waals surface area contributed by atoms with Crippen molar-refractivity contribution in [2.24, 2.45) is 10.7 Å². The van der Waals surface area contributed by atoms with E-state index >= 15 is 0 Å². The molecule has 3 heterocycles. The highest BCUT2D eigenvalue weighted by atomic mass is 19.3. The zero-order valence-corrected chi connectivity index (χ0v) is 18.1. The number of ether oxygens (including phenoxy) is 1. The topological polar surface area (TPSA) is 112 Å². The van der Waals surface area contributed by atoms with E-state index in [9.17, 15) is 22.4 Å². The predicted molar refractivity (Wildman–Crippen MR) is 117 cm³/mol. The van der Waals surface area contributed by atoms with E-state index in [1.807, 2.05) is 4.90 Å². The van der Waals surface area contributed by atoms with Crippen LogP contribution in [0.15, 0.2) is 52.5 Å². The van der Waals surface area contributed by atoms with Gasteiger partial charge < -0.3 is 16.2 Å². The second-order valence-electron chi connectivity index (χ2n) is 8.25. The summed E-state index contributed by atoms with van der Waals surface area (Å²) in [7, 11) is 0. The average molecular weight is 480 g/mol. The molecule has 3 atom stereocenters. The minimum atomic E-state index is -3.31. The van der Waals surface area contributed by atoms with E-state index in [0.29, 0.717) is 24.4 Å². The van der Waals surface area contributed by atoms with Gasteiger partial charge in [0.1, 0.15) is 5.82 Å². The number of alkyl halides is 2. The summed E-state index contributed by atoms with van der Waals surface area (Å²) in [6.45, 7) is 0.951. The van der Waals surface area contributed by atoms with Crippen LogP contribution in [0.2, 0.25) is 0 Å². The van der Waals surface area contributed by atoms with E-state index in [1.54, 1.807) is 6.08 Å². The van der Waals surface area contributed by atoms with E-state index in [2.05, 4.69) is 9.98 Å². The normalized spacial score (nSPS) is 25.1. The zero-order valence-electron chi connectivity index (χ0n) is 18.1. The Morgan fingerprint density at radius 2 is 2.03 bits per heavy atom. The first-order valence-electron chi connectivity index (χ1n) is 10.7. The van der Waals surface area contributed by atoms with Crippen molar-refractivity contribution in [3.63, 3.8) is 0 Å². The van der Waals surface area contributed by atoms with Gasteiger partial charge in [0.2, 0.25) is 6.23 Å². The Labute approximate surface area is 192 Å². The molecule has 2 aliphatic rings. The van der Waals surface area contributed by atoms with Crippen LogP contribution in [0.1, 0.15) is 18.2 Å². The molecule has 4 rings (SSSR count). The van der Waals surface area contributed by atoms with E-state index in [0.717, 1.165) is 22.9 Å². The summed E-state index contributed by atoms with van der Waals surface area (Å²) < 4.78 is 63.1. The fraction of sp³-hybridized carbons (Fsp3) is 0.409. The number of rotatable bonds is 6. The first kappa shape index (κ1) is 23.9. The maximum atomic E-state index is 14.8. The third-order valence-corrected chi connectivity index (χ3v) is 5.87. The summed E-state index contributed by atoms with van der Waals surface area (Å²) in [5, 5.41) is 0. The van der Waals surface area contributed by atoms with Gasteiger partial charge >= 0.3 is 5.69 Å². The van der Waals surface area contributed by atoms with Gasteiger partial charge in [0, 0.05) is 25.7 Å². The van der Waals surface area contributed by atoms with Crippen LogP contribution >= 0.6 is 0 Å². The number of aliphatic imine (C=N–C) groups is 1. The van der Waals surface area contributed by atoms with Crippen LogP contribution in [0, 0.1) is 11.6 Å². The molecule has 1 unspecified atom stereocenters. The molecular formula is C22H24F4N6O2. The number of aromatic nitrogens is 2. The highest BCUT2D eigenvalue weighted by molar-refractivity contribution is 5.99. The predicted octanol–water partition coefficient (Wildman–Crippen LogP) is 1.87. The Morgan fingerprint density at radius 1 is 1.24 bits per heavy atom. The van der Waals surface area contributed by atoms with Crippen molar-refractivity contribution < 1.29 is 22.3 Å². The molecule has 1 aromatic heterocycles. The van der Waals surface area contributed by atoms with Crippen molar-refractivity contribution in [1.29, 1.82) is 0 Å². The van der Waals surface area contributed by atoms with Crippen molar-refractivity contribution >= 4 is 11.5 Å². The standard InChI is InChI=1S/C22H24F4N6O2/c23-15-2-1-13(9-16(15)24)10-18-17(3-5-27)29-6-8-31(18)12-14-11-22(25,26)20(34-14)32-7-4-19(28)30-21(32)33/h1-5,7,9,14,18,20H,6,8,10-12,27H2,(H2,28,30,33)/t14-,18?,20+/m0/s1. The lowest BCUT2D eigenvalue weighted by atomic mass is 9.97. The summed E-state index contributed by atoms with van der Waals surface area (Å²) in [6.07, 6.45) is 0.981. The monoisotopic (exact) mass is 480 g/mol. The van der Waals surface area contributed by atoms with E-state index in [-0.39, 0.29) is 18.8 Å². The van der Waals surface area contributed by atoms with Crippen molar-refractivity contribution in [2.75, 3.05) is 25.4 Å². The average Bonchev–Trinajstić information content (AvgIpc) is 3.06. The van der Waals surface area contributed by atoms with Gasteiger partial charge in [-0.1, -0.05) is 6.07 Å². The fourth-order valence-electron chi connectivity index (χ4n) is 4.34. The molecule has 0 amide bonds. The summed E-state index contributed by atoms with van der Waals surface area (Å²) in [6, 6.07) is 4.43. The second-order valence-corrected chi connectivity index (χ2v) is 8.25. The SMILES string of the molecule is NC=CC1=NCCN(C[C@@H]2CC(F)(F)[C@H](n3ccc(N)nc3=O)O2)C1Cc1ccc(F)c(F)c1. The first-order chi connectivity index (χ1) is 16.2. The zero-order chi connectivity index (χ0) is 24.5. The quantitative estimate of drug-likeness (QED) is 0.611. The molecule has 0 aliphatic carbocycles. The second kappa shape index (κ2) is 9.55. The van der Waals surface area contributed by atoms with E-state index in [1.165, 1.54) is 18.3 Å². The number of hydrogen-bond donors (Lipinski definition) is 2. The molecule has 34 heavy (non-hydrogen) atoms. The smallest absolute Gasteiger partial charge is 0.351 e. The van der Waals surface area contributed by atoms with Gasteiger partial charge in [-0.3, -0.25) is 14.5 Å². The lowest BCUT2D eigenvalue weighted by Gasteiger charge is -2.36. The molecule has 1 aromatic carbocycles. The largest absolute Gasteiger partial charge is 0.405 e. The Kier molecular flexibility index (Phi) is 6.71. The Morgan fingerprint density at radius 3 is 2.74 bits per heavy atom. The van der Waals surface area contributed by atoms with Gasteiger partial charge in [0.05, 0.1) is 24.4 Å². The lowest BCUT2D eigenvalue weighted by Crippen LogP contribution is -2.49. The van der Waals surface area contributed by atoms with Crippen molar-refractivity contribution in [1.82, 2.24) is 14.5 Å². The van der Waals surface area contributed by atoms with Gasteiger partial charge in [-0.15, -0.1) is 0 Å². The molecule has 2 aromatic rings. The summed E-state index contributed by atoms with van der Waals surface area (Å²) in [5.74, 6) is -5.32. The Hall–Kier alpha value is -3.25. The van der Waals surface area contributed by atoms with E-state index < -0.39 is 48.0 Å². The molecule has 182 valence electrons. The number of nitrogen functional groups attached to an aromatic ring is 1. The van der Waals surface area contributed by atoms with Crippen molar-refractivity contribution in [3.05, 3.63) is 70.4 Å². The molecule has 2 aliphatic heterocycles. The van der Waals surface area contributed by atoms with Crippen LogP contribution in [-0.4, -0.2) is 57.9 Å². The highest BCUT2D eigenvalue weighted by Crippen LogP contribution is 2.42. The molecule has 4 N–H and O–H groups in total. The van der Waals surface area contributed by atoms with Crippen molar-refractivity contribution in [3.8, 4) is 0 Å². The maximum Gasteiger partial charge on any atom is 0.351 e. The van der Waals surface area contributed by atoms with Crippen LogP contribution in [-0.2, 0) is 11.2 Å². The minimum Gasteiger partial charge on any atom is -0.405 e. The molecule has 0 bridgehead atoms. The minimum absolute atomic E-state index is 0.0766. The number of halogens is 4. The van der Waals surface area contributed by atoms with Crippen LogP contribution in [0.5, 0.6) is 0 Å². The molecule has 1 fully saturated rings. The van der Waals surface area contributed by atoms with Gasteiger partial charge in [0.25, 0.3) is 5.92 Å². The summed E-state index contributed by atoms with van der Waals surface area (Å²) in [5.41, 5.74) is 11.2. The lowest BCUT2D eigenvalue weighted by molar-refractivity contribution is -0.119. The Balaban J connectivity index is 1.55. The fourth-order valence-corrected chi connectivity index (χ4v) is 4.34. The van der Waals surface area contributed by atoms with Crippen LogP contribution in [0.3, 0.4) is 0 Å². The molecular weight excluding hydrogens is 456 g/mol. The van der Waals surface area contributed by atoms with E-state index in [4.69, 9.17) is 16.2 Å². The molecule has 8 nitrogen and oxygen atoms in total. The van der Waals surface area contributed by atoms with Gasteiger partial charge in [-0.2, -0.15) is 4.98 Å². The van der Waals surface area contributed by atoms with Crippen LogP contribution < -0.4 is 17.2 Å². The molecule has 0 saturated carbocycles.